The summed E-state index contributed by atoms with van der Waals surface area (Å²) in [6, 6.07) is 15.9. The van der Waals surface area contributed by atoms with Gasteiger partial charge in [0.15, 0.2) is 5.82 Å². The first kappa shape index (κ1) is 46.5. The zero-order valence-corrected chi connectivity index (χ0v) is 39.2. The van der Waals surface area contributed by atoms with Crippen molar-refractivity contribution >= 4 is 34.4 Å². The molecule has 5 aromatic rings. The Morgan fingerprint density at radius 1 is 0.956 bits per heavy atom. The van der Waals surface area contributed by atoms with E-state index in [0.717, 1.165) is 13.0 Å². The fourth-order valence-electron chi connectivity index (χ4n) is 10.3. The molecular weight excluding hydrogens is 888 g/mol. The number of ether oxygens (including phenoxy) is 4. The Balaban J connectivity index is 1.25. The molecule has 68 heavy (non-hydrogen) atoms. The molecule has 0 radical (unpaired) electrons. The van der Waals surface area contributed by atoms with E-state index in [4.69, 9.17) is 28.9 Å². The minimum atomic E-state index is -5.18. The highest BCUT2D eigenvalue weighted by molar-refractivity contribution is 5.98. The summed E-state index contributed by atoms with van der Waals surface area (Å²) in [5.74, 6) is -1.08. The summed E-state index contributed by atoms with van der Waals surface area (Å²) in [7, 11) is 3.04. The highest BCUT2D eigenvalue weighted by Crippen LogP contribution is 2.50. The Hall–Kier alpha value is -6.64. The van der Waals surface area contributed by atoms with Crippen molar-refractivity contribution in [3.05, 3.63) is 88.5 Å². The van der Waals surface area contributed by atoms with Gasteiger partial charge in [0, 0.05) is 31.7 Å². The van der Waals surface area contributed by atoms with Gasteiger partial charge in [0.1, 0.15) is 51.4 Å². The van der Waals surface area contributed by atoms with Crippen molar-refractivity contribution in [1.82, 2.24) is 19.9 Å². The van der Waals surface area contributed by atoms with Crippen molar-refractivity contribution < 1.29 is 45.7 Å². The van der Waals surface area contributed by atoms with Crippen LogP contribution >= 0.6 is 0 Å². The second-order valence-corrected chi connectivity index (χ2v) is 19.3. The standard InChI is InChI=1S/C50H53F5N8O5/c1-27-38(50(53,54)55)34(23-36(39(27)51)60(24-29-9-14-32(65-7)15-10-29)25-30-11-16-33(66-8)17-12-30)41-40(52)42-37-44(59-46(58-42)62-22-20-49(62,6)19-21-56)61-26-31-13-18-35(43(61)28(2)67-45(37)57-41)63(31)47(64)68-48(3,4)5/h9-12,14-17,23,28,31,35,43H,13,18-20,22,24-26H2,1-8H3/t28-,31+,35-,43+,49+/m0/s1. The Morgan fingerprint density at radius 3 is 2.13 bits per heavy atom. The molecule has 0 unspecified atom stereocenters. The van der Waals surface area contributed by atoms with Gasteiger partial charge in [-0.1, -0.05) is 24.3 Å². The molecule has 3 saturated heterocycles. The lowest BCUT2D eigenvalue weighted by molar-refractivity contribution is -0.137. The average Bonchev–Trinajstić information content (AvgIpc) is 3.53. The second kappa shape index (κ2) is 17.2. The molecule has 2 aromatic heterocycles. The Kier molecular flexibility index (Phi) is 11.7. The maximum atomic E-state index is 18.0. The smallest absolute Gasteiger partial charge is 0.417 e. The van der Waals surface area contributed by atoms with E-state index in [2.05, 4.69) is 11.1 Å². The van der Waals surface area contributed by atoms with Gasteiger partial charge < -0.3 is 33.6 Å². The van der Waals surface area contributed by atoms with Gasteiger partial charge in [-0.2, -0.15) is 23.4 Å². The number of pyridine rings is 1. The van der Waals surface area contributed by atoms with Crippen LogP contribution in [0, 0.1) is 29.9 Å². The maximum Gasteiger partial charge on any atom is 0.417 e. The Bertz CT molecular complexity index is 2770. The van der Waals surface area contributed by atoms with Gasteiger partial charge in [0.05, 0.1) is 61.6 Å². The third-order valence-electron chi connectivity index (χ3n) is 13.7. The Morgan fingerprint density at radius 2 is 1.59 bits per heavy atom. The van der Waals surface area contributed by atoms with Crippen LogP contribution in [0.1, 0.15) is 82.6 Å². The van der Waals surface area contributed by atoms with Gasteiger partial charge in [0.2, 0.25) is 11.8 Å². The van der Waals surface area contributed by atoms with Crippen molar-refractivity contribution in [3.8, 4) is 34.7 Å². The number of methoxy groups -OCH3 is 2. The van der Waals surface area contributed by atoms with Crippen LogP contribution in [0.3, 0.4) is 0 Å². The molecule has 0 aliphatic carbocycles. The molecule has 5 atom stereocenters. The molecule has 3 aromatic carbocycles. The normalized spacial score (nSPS) is 21.9. The van der Waals surface area contributed by atoms with Crippen molar-refractivity contribution in [3.63, 3.8) is 0 Å². The average molecular weight is 941 g/mol. The number of aromatic nitrogens is 3. The van der Waals surface area contributed by atoms with Crippen molar-refractivity contribution in [2.45, 2.75) is 122 Å². The molecule has 9 rings (SSSR count). The zero-order valence-electron chi connectivity index (χ0n) is 39.2. The predicted octanol–water partition coefficient (Wildman–Crippen LogP) is 10.1. The van der Waals surface area contributed by atoms with Gasteiger partial charge >= 0.3 is 12.3 Å². The molecule has 358 valence electrons. The highest BCUT2D eigenvalue weighted by atomic mass is 19.4. The largest absolute Gasteiger partial charge is 0.497 e. The fraction of sp³-hybridized carbons (Fsp3) is 0.460. The van der Waals surface area contributed by atoms with Gasteiger partial charge in [-0.05, 0) is 108 Å². The van der Waals surface area contributed by atoms with E-state index in [1.54, 1.807) is 90.9 Å². The first-order chi connectivity index (χ1) is 32.2. The van der Waals surface area contributed by atoms with Crippen molar-refractivity contribution in [1.29, 1.82) is 5.26 Å². The van der Waals surface area contributed by atoms with E-state index in [0.29, 0.717) is 48.4 Å². The van der Waals surface area contributed by atoms with Crippen LogP contribution in [-0.2, 0) is 24.0 Å². The monoisotopic (exact) mass is 940 g/mol. The Labute approximate surface area is 391 Å². The molecule has 18 heteroatoms. The maximum absolute atomic E-state index is 18.0. The molecule has 2 bridgehead atoms. The molecule has 0 saturated carbocycles. The summed E-state index contributed by atoms with van der Waals surface area (Å²) in [5.41, 5.74) is -4.31. The number of rotatable bonds is 10. The number of fused-ring (bicyclic) bond motifs is 5. The van der Waals surface area contributed by atoms with E-state index in [1.165, 1.54) is 14.2 Å². The summed E-state index contributed by atoms with van der Waals surface area (Å²) < 4.78 is 105. The van der Waals surface area contributed by atoms with Crippen LogP contribution in [0.25, 0.3) is 22.2 Å². The fourth-order valence-corrected chi connectivity index (χ4v) is 10.3. The molecule has 4 aliphatic heterocycles. The number of halogens is 5. The third kappa shape index (κ3) is 8.16. The summed E-state index contributed by atoms with van der Waals surface area (Å²) in [6.45, 7) is 10.8. The van der Waals surface area contributed by atoms with E-state index >= 15 is 22.0 Å². The highest BCUT2D eigenvalue weighted by Gasteiger charge is 2.54. The lowest BCUT2D eigenvalue weighted by Crippen LogP contribution is -2.65. The number of carbonyl (C=O) groups excluding carboxylic acids is 1. The van der Waals surface area contributed by atoms with E-state index in [1.807, 2.05) is 11.8 Å². The topological polar surface area (TPSA) is 129 Å². The van der Waals surface area contributed by atoms with Crippen LogP contribution < -0.4 is 28.9 Å². The van der Waals surface area contributed by atoms with Crippen molar-refractivity contribution in [2.75, 3.05) is 42.0 Å². The SMILES string of the molecule is COc1ccc(CN(Cc2ccc(OC)cc2)c2cc(-c3nc4c5c(nc(N6CC[C@@]6(C)CC#N)nc5c3F)N3C[C@H]5CC[C@@H]([C@H]3[C@H](C)O4)N5C(=O)OC(C)(C)C)c(C(F)(F)F)c(C)c2F)cc1. The van der Waals surface area contributed by atoms with Gasteiger partial charge in [-0.25, -0.2) is 23.5 Å². The van der Waals surface area contributed by atoms with E-state index in [-0.39, 0.29) is 66.3 Å². The van der Waals surface area contributed by atoms with Crippen LogP contribution in [0.5, 0.6) is 17.4 Å². The van der Waals surface area contributed by atoms with Crippen LogP contribution in [0.4, 0.5) is 44.2 Å². The number of carbonyl (C=O) groups is 1. The van der Waals surface area contributed by atoms with Crippen molar-refractivity contribution in [2.24, 2.45) is 0 Å². The number of piperazine rings is 1. The number of benzene rings is 3. The number of hydrogen-bond acceptors (Lipinski definition) is 12. The minimum absolute atomic E-state index is 0.0354. The number of alkyl halides is 3. The van der Waals surface area contributed by atoms with Crippen LogP contribution in [-0.4, -0.2) is 88.6 Å². The summed E-state index contributed by atoms with van der Waals surface area (Å²) >= 11 is 0. The predicted molar refractivity (Wildman–Crippen MR) is 245 cm³/mol. The van der Waals surface area contributed by atoms with E-state index < -0.39 is 75.6 Å². The number of nitrogens with zero attached hydrogens (tertiary/aromatic N) is 8. The van der Waals surface area contributed by atoms with Crippen LogP contribution in [0.15, 0.2) is 54.6 Å². The zero-order chi connectivity index (χ0) is 48.6. The number of nitriles is 1. The van der Waals surface area contributed by atoms with Gasteiger partial charge in [0.25, 0.3) is 0 Å². The first-order valence-electron chi connectivity index (χ1n) is 22.7. The van der Waals surface area contributed by atoms with Crippen LogP contribution in [0.2, 0.25) is 0 Å². The molecule has 3 fully saturated rings. The second-order valence-electron chi connectivity index (χ2n) is 19.3. The van der Waals surface area contributed by atoms with Gasteiger partial charge in [-0.3, -0.25) is 4.90 Å². The number of amides is 1. The van der Waals surface area contributed by atoms with Gasteiger partial charge in [-0.15, -0.1) is 0 Å². The number of hydrogen-bond donors (Lipinski definition) is 0. The summed E-state index contributed by atoms with van der Waals surface area (Å²) in [4.78, 5) is 35.3. The summed E-state index contributed by atoms with van der Waals surface area (Å²) in [6.07, 6.45) is -4.48. The molecule has 0 N–H and O–H groups in total. The molecule has 1 amide bonds. The molecule has 0 spiro atoms. The molecule has 6 heterocycles. The van der Waals surface area contributed by atoms with E-state index in [9.17, 15) is 10.1 Å². The first-order valence-corrected chi connectivity index (χ1v) is 22.7. The molecule has 4 aliphatic rings. The minimum Gasteiger partial charge on any atom is -0.497 e. The quantitative estimate of drug-likeness (QED) is 0.124. The molecular formula is C50H53F5N8O5. The third-order valence-corrected chi connectivity index (χ3v) is 13.7. The molecule has 13 nitrogen and oxygen atoms in total. The lowest BCUT2D eigenvalue weighted by Gasteiger charge is -2.50. The number of anilines is 3. The summed E-state index contributed by atoms with van der Waals surface area (Å²) in [5, 5.41) is 9.85. The lowest BCUT2D eigenvalue weighted by atomic mass is 9.84.